The Morgan fingerprint density at radius 2 is 1.68 bits per heavy atom. The van der Waals surface area contributed by atoms with Gasteiger partial charge in [-0.3, -0.25) is 4.79 Å². The van der Waals surface area contributed by atoms with Gasteiger partial charge < -0.3 is 39.4 Å². The van der Waals surface area contributed by atoms with E-state index in [0.29, 0.717) is 22.6 Å². The number of ketones is 1. The van der Waals surface area contributed by atoms with Crippen LogP contribution in [0.15, 0.2) is 48.5 Å². The van der Waals surface area contributed by atoms with Crippen molar-refractivity contribution in [3.05, 3.63) is 65.2 Å². The molecule has 2 aliphatic rings. The third-order valence-electron chi connectivity index (χ3n) is 5.91. The Bertz CT molecular complexity index is 1270. The SMILES string of the molecule is COc1cc([C@H]2Oc3cc([C@@H]4CC(=O)c5c(O)cc(O)cc5O4)ccc3O[C@H]2CO)ccc1O. The second-order valence-corrected chi connectivity index (χ2v) is 8.09. The molecule has 0 aromatic heterocycles. The summed E-state index contributed by atoms with van der Waals surface area (Å²) < 4.78 is 23.2. The minimum absolute atomic E-state index is 0.0111. The molecule has 0 aliphatic carbocycles. The summed E-state index contributed by atoms with van der Waals surface area (Å²) in [5.41, 5.74) is 1.31. The van der Waals surface area contributed by atoms with Gasteiger partial charge in [-0.05, 0) is 29.8 Å². The Morgan fingerprint density at radius 3 is 2.44 bits per heavy atom. The number of Topliss-reactive ketones (excluding diaryl/α,β-unsaturated/α-hetero) is 1. The highest BCUT2D eigenvalue weighted by molar-refractivity contribution is 6.02. The topological polar surface area (TPSA) is 135 Å². The minimum atomic E-state index is -0.696. The molecule has 2 heterocycles. The molecule has 0 bridgehead atoms. The summed E-state index contributed by atoms with van der Waals surface area (Å²) in [6.45, 7) is -0.306. The first kappa shape index (κ1) is 21.7. The van der Waals surface area contributed by atoms with Gasteiger partial charge in [0.15, 0.2) is 41.0 Å². The molecule has 0 fully saturated rings. The van der Waals surface area contributed by atoms with Crippen molar-refractivity contribution in [2.75, 3.05) is 13.7 Å². The number of hydrogen-bond donors (Lipinski definition) is 4. The van der Waals surface area contributed by atoms with Crippen LogP contribution in [0, 0.1) is 0 Å². The molecule has 0 radical (unpaired) electrons. The van der Waals surface area contributed by atoms with E-state index in [4.69, 9.17) is 18.9 Å². The molecule has 0 unspecified atom stereocenters. The number of methoxy groups -OCH3 is 1. The van der Waals surface area contributed by atoms with Crippen LogP contribution in [0.2, 0.25) is 0 Å². The minimum Gasteiger partial charge on any atom is -0.508 e. The number of rotatable bonds is 4. The summed E-state index contributed by atoms with van der Waals surface area (Å²) in [4.78, 5) is 12.7. The van der Waals surface area contributed by atoms with Gasteiger partial charge in [0.05, 0.1) is 20.1 Å². The molecule has 0 spiro atoms. The zero-order valence-electron chi connectivity index (χ0n) is 18.1. The molecule has 3 atom stereocenters. The third-order valence-corrected chi connectivity index (χ3v) is 5.91. The predicted octanol–water partition coefficient (Wildman–Crippen LogP) is 3.39. The Balaban J connectivity index is 1.46. The fourth-order valence-electron chi connectivity index (χ4n) is 4.25. The summed E-state index contributed by atoms with van der Waals surface area (Å²) in [5, 5.41) is 39.6. The molecule has 4 N–H and O–H groups in total. The first-order valence-electron chi connectivity index (χ1n) is 10.6. The van der Waals surface area contributed by atoms with Gasteiger partial charge >= 0.3 is 0 Å². The maximum Gasteiger partial charge on any atom is 0.174 e. The van der Waals surface area contributed by atoms with E-state index in [1.807, 2.05) is 0 Å². The number of carbonyl (C=O) groups is 1. The summed E-state index contributed by atoms with van der Waals surface area (Å²) in [6, 6.07) is 12.2. The van der Waals surface area contributed by atoms with Crippen LogP contribution in [0.25, 0.3) is 0 Å². The Morgan fingerprint density at radius 1 is 0.882 bits per heavy atom. The molecule has 9 nitrogen and oxygen atoms in total. The van der Waals surface area contributed by atoms with Crippen molar-refractivity contribution in [2.24, 2.45) is 0 Å². The van der Waals surface area contributed by atoms with Crippen LogP contribution in [0.4, 0.5) is 0 Å². The molecule has 0 amide bonds. The van der Waals surface area contributed by atoms with Crippen LogP contribution in [0.5, 0.6) is 40.2 Å². The Kier molecular flexibility index (Phi) is 5.33. The van der Waals surface area contributed by atoms with Gasteiger partial charge in [-0.25, -0.2) is 0 Å². The quantitative estimate of drug-likeness (QED) is 0.456. The van der Waals surface area contributed by atoms with E-state index in [9.17, 15) is 25.2 Å². The van der Waals surface area contributed by atoms with E-state index in [1.165, 1.54) is 19.2 Å². The monoisotopic (exact) mass is 466 g/mol. The second-order valence-electron chi connectivity index (χ2n) is 8.09. The van der Waals surface area contributed by atoms with Gasteiger partial charge in [0.2, 0.25) is 0 Å². The number of fused-ring (bicyclic) bond motifs is 2. The lowest BCUT2D eigenvalue weighted by Gasteiger charge is -2.34. The summed E-state index contributed by atoms with van der Waals surface area (Å²) >= 11 is 0. The molecular weight excluding hydrogens is 444 g/mol. The molecular formula is C25H22O9. The number of phenolic OH excluding ortho intramolecular Hbond substituents is 3. The highest BCUT2D eigenvalue weighted by Crippen LogP contribution is 2.45. The predicted molar refractivity (Wildman–Crippen MR) is 118 cm³/mol. The Labute approximate surface area is 194 Å². The normalized spacial score (nSPS) is 20.9. The number of carbonyl (C=O) groups excluding carboxylic acids is 1. The van der Waals surface area contributed by atoms with Crippen molar-refractivity contribution in [3.8, 4) is 40.2 Å². The molecule has 3 aromatic rings. The average molecular weight is 466 g/mol. The maximum absolute atomic E-state index is 12.7. The summed E-state index contributed by atoms with van der Waals surface area (Å²) in [7, 11) is 1.44. The third kappa shape index (κ3) is 3.69. The number of hydrogen-bond acceptors (Lipinski definition) is 9. The summed E-state index contributed by atoms with van der Waals surface area (Å²) in [5.74, 6) is 0.287. The van der Waals surface area contributed by atoms with Crippen LogP contribution in [-0.2, 0) is 0 Å². The lowest BCUT2D eigenvalue weighted by Crippen LogP contribution is -2.36. The fraction of sp³-hybridized carbons (Fsp3) is 0.240. The number of aliphatic hydroxyl groups is 1. The molecule has 5 rings (SSSR count). The average Bonchev–Trinajstić information content (AvgIpc) is 2.82. The molecule has 3 aromatic carbocycles. The van der Waals surface area contributed by atoms with Crippen LogP contribution < -0.4 is 18.9 Å². The smallest absolute Gasteiger partial charge is 0.174 e. The van der Waals surface area contributed by atoms with Crippen molar-refractivity contribution in [3.63, 3.8) is 0 Å². The molecule has 0 saturated carbocycles. The lowest BCUT2D eigenvalue weighted by molar-refractivity contribution is -0.0126. The van der Waals surface area contributed by atoms with Crippen molar-refractivity contribution >= 4 is 5.78 Å². The molecule has 34 heavy (non-hydrogen) atoms. The maximum atomic E-state index is 12.7. The van der Waals surface area contributed by atoms with Crippen molar-refractivity contribution < 1.29 is 44.2 Å². The van der Waals surface area contributed by atoms with Crippen LogP contribution in [-0.4, -0.2) is 46.0 Å². The lowest BCUT2D eigenvalue weighted by atomic mass is 9.95. The molecule has 2 aliphatic heterocycles. The largest absolute Gasteiger partial charge is 0.508 e. The van der Waals surface area contributed by atoms with Crippen molar-refractivity contribution in [1.29, 1.82) is 0 Å². The number of aliphatic hydroxyl groups excluding tert-OH is 1. The zero-order valence-corrected chi connectivity index (χ0v) is 18.1. The van der Waals surface area contributed by atoms with Crippen LogP contribution >= 0.6 is 0 Å². The van der Waals surface area contributed by atoms with Gasteiger partial charge in [-0.15, -0.1) is 0 Å². The first-order chi connectivity index (χ1) is 16.4. The van der Waals surface area contributed by atoms with Gasteiger partial charge in [-0.2, -0.15) is 0 Å². The molecule has 176 valence electrons. The van der Waals surface area contributed by atoms with E-state index < -0.39 is 18.3 Å². The van der Waals surface area contributed by atoms with E-state index in [1.54, 1.807) is 30.3 Å². The molecule has 9 heteroatoms. The van der Waals surface area contributed by atoms with E-state index in [2.05, 4.69) is 0 Å². The van der Waals surface area contributed by atoms with Gasteiger partial charge in [0, 0.05) is 17.7 Å². The van der Waals surface area contributed by atoms with E-state index in [-0.39, 0.29) is 53.1 Å². The fourth-order valence-corrected chi connectivity index (χ4v) is 4.25. The van der Waals surface area contributed by atoms with Crippen molar-refractivity contribution in [1.82, 2.24) is 0 Å². The van der Waals surface area contributed by atoms with Crippen LogP contribution in [0.3, 0.4) is 0 Å². The van der Waals surface area contributed by atoms with Gasteiger partial charge in [0.25, 0.3) is 0 Å². The standard InChI is InChI=1S/C25H22O9/c1-31-20-7-13(2-4-15(20)28)25-23(11-26)32-18-5-3-12(6-21(18)34-25)19-10-17(30)24-16(29)8-14(27)9-22(24)33-19/h2-9,19,23,25-29H,10-11H2,1H3/t19-,23-,25+/m0/s1. The molecule has 0 saturated heterocycles. The zero-order chi connectivity index (χ0) is 24.0. The number of benzene rings is 3. The van der Waals surface area contributed by atoms with Gasteiger partial charge in [0.1, 0.15) is 28.9 Å². The number of phenols is 3. The first-order valence-corrected chi connectivity index (χ1v) is 10.6. The van der Waals surface area contributed by atoms with E-state index in [0.717, 1.165) is 6.07 Å². The highest BCUT2D eigenvalue weighted by Gasteiger charge is 2.35. The second kappa shape index (κ2) is 8.35. The van der Waals surface area contributed by atoms with Gasteiger partial charge in [-0.1, -0.05) is 12.1 Å². The van der Waals surface area contributed by atoms with E-state index >= 15 is 0 Å². The van der Waals surface area contributed by atoms with Crippen molar-refractivity contribution in [2.45, 2.75) is 24.7 Å². The number of aromatic hydroxyl groups is 3. The summed E-state index contributed by atoms with van der Waals surface area (Å²) in [6.07, 6.45) is -2.07. The Hall–Kier alpha value is -4.11. The van der Waals surface area contributed by atoms with Crippen LogP contribution in [0.1, 0.15) is 40.1 Å². The number of ether oxygens (including phenoxy) is 4. The highest BCUT2D eigenvalue weighted by atomic mass is 16.6.